The number of anilines is 2. The summed E-state index contributed by atoms with van der Waals surface area (Å²) in [5.41, 5.74) is 3.75. The number of hydrogen-bond acceptors (Lipinski definition) is 7. The van der Waals surface area contributed by atoms with Crippen molar-refractivity contribution in [3.05, 3.63) is 60.9 Å². The molecule has 0 saturated heterocycles. The maximum absolute atomic E-state index is 12.3. The van der Waals surface area contributed by atoms with Gasteiger partial charge < -0.3 is 30.7 Å². The molecule has 0 fully saturated rings. The summed E-state index contributed by atoms with van der Waals surface area (Å²) in [4.78, 5) is 21.3. The van der Waals surface area contributed by atoms with Crippen molar-refractivity contribution < 1.29 is 14.3 Å². The highest BCUT2D eigenvalue weighted by Gasteiger charge is 2.11. The molecule has 9 heteroatoms. The highest BCUT2D eigenvalue weighted by atomic mass is 16.5. The normalized spacial score (nSPS) is 12.5. The first-order valence-corrected chi connectivity index (χ1v) is 13.9. The Morgan fingerprint density at radius 3 is 1.62 bits per heavy atom. The molecule has 4 N–H and O–H groups in total. The monoisotopic (exact) mass is 544 g/mol. The van der Waals surface area contributed by atoms with Crippen LogP contribution in [0.1, 0.15) is 39.5 Å². The Morgan fingerprint density at radius 1 is 0.750 bits per heavy atom. The van der Waals surface area contributed by atoms with E-state index >= 15 is 0 Å². The van der Waals surface area contributed by atoms with E-state index in [0.717, 1.165) is 70.4 Å². The zero-order chi connectivity index (χ0) is 28.3. The highest BCUT2D eigenvalue weighted by molar-refractivity contribution is 5.92. The summed E-state index contributed by atoms with van der Waals surface area (Å²) in [5.74, 6) is 1.59. The Kier molecular flexibility index (Phi) is 10.2. The molecule has 9 nitrogen and oxygen atoms in total. The fourth-order valence-corrected chi connectivity index (χ4v) is 4.74. The van der Waals surface area contributed by atoms with Gasteiger partial charge in [0.1, 0.15) is 11.5 Å². The minimum Gasteiger partial charge on any atom is -0.497 e. The van der Waals surface area contributed by atoms with Crippen LogP contribution in [0.5, 0.6) is 11.5 Å². The summed E-state index contributed by atoms with van der Waals surface area (Å²) in [7, 11) is 3.33. The third-order valence-electron chi connectivity index (χ3n) is 6.83. The number of aromatic nitrogens is 2. The lowest BCUT2D eigenvalue weighted by atomic mass is 10.1. The van der Waals surface area contributed by atoms with Gasteiger partial charge in [0, 0.05) is 60.5 Å². The molecular formula is C31H40N6O3. The molecule has 40 heavy (non-hydrogen) atoms. The van der Waals surface area contributed by atoms with Gasteiger partial charge in [-0.1, -0.05) is 12.1 Å². The Hall–Kier alpha value is -4.27. The van der Waals surface area contributed by atoms with Crippen molar-refractivity contribution in [2.45, 2.75) is 51.6 Å². The van der Waals surface area contributed by atoms with E-state index in [0.29, 0.717) is 13.1 Å². The van der Waals surface area contributed by atoms with E-state index < -0.39 is 0 Å². The standard InChI is InChI=1S/C31H40N6O3/c1-21(36-27-19-25(39-3)17-23-11-7-13-32-29(23)27)9-5-15-34-31(38)35-16-6-10-22(2)37-28-20-26(40-4)18-24-12-8-14-33-30(24)28/h7-8,11-14,17-22,36-37H,5-6,9-10,15-16H2,1-4H3,(H2,34,35,38). The lowest BCUT2D eigenvalue weighted by molar-refractivity contribution is 0.240. The molecule has 2 heterocycles. The number of fused-ring (bicyclic) bond motifs is 2. The van der Waals surface area contributed by atoms with Crippen LogP contribution >= 0.6 is 0 Å². The molecule has 0 aliphatic heterocycles. The van der Waals surface area contributed by atoms with Crippen molar-refractivity contribution in [2.24, 2.45) is 0 Å². The van der Waals surface area contributed by atoms with Crippen LogP contribution in [0.2, 0.25) is 0 Å². The van der Waals surface area contributed by atoms with Crippen molar-refractivity contribution in [3.8, 4) is 11.5 Å². The third kappa shape index (κ3) is 7.88. The maximum Gasteiger partial charge on any atom is 0.314 e. The molecule has 2 atom stereocenters. The Balaban J connectivity index is 1.13. The average Bonchev–Trinajstić information content (AvgIpc) is 2.97. The molecule has 0 bridgehead atoms. The second-order valence-electron chi connectivity index (χ2n) is 10.1. The lowest BCUT2D eigenvalue weighted by Gasteiger charge is -2.18. The highest BCUT2D eigenvalue weighted by Crippen LogP contribution is 2.29. The smallest absolute Gasteiger partial charge is 0.314 e. The Morgan fingerprint density at radius 2 is 1.20 bits per heavy atom. The predicted octanol–water partition coefficient (Wildman–Crippen LogP) is 5.96. The van der Waals surface area contributed by atoms with Gasteiger partial charge in [-0.05, 0) is 63.8 Å². The van der Waals surface area contributed by atoms with Crippen LogP contribution in [-0.2, 0) is 0 Å². The second-order valence-corrected chi connectivity index (χ2v) is 10.1. The van der Waals surface area contributed by atoms with Crippen LogP contribution in [0.3, 0.4) is 0 Å². The molecule has 0 aliphatic carbocycles. The predicted molar refractivity (Wildman–Crippen MR) is 163 cm³/mol. The van der Waals surface area contributed by atoms with Crippen molar-refractivity contribution in [1.82, 2.24) is 20.6 Å². The molecule has 0 saturated carbocycles. The summed E-state index contributed by atoms with van der Waals surface area (Å²) in [6.07, 6.45) is 7.13. The second kappa shape index (κ2) is 14.2. The first-order chi connectivity index (χ1) is 19.5. The van der Waals surface area contributed by atoms with E-state index in [2.05, 4.69) is 45.1 Å². The van der Waals surface area contributed by atoms with Gasteiger partial charge in [0.05, 0.1) is 36.6 Å². The van der Waals surface area contributed by atoms with Crippen LogP contribution in [0.25, 0.3) is 21.8 Å². The number of ether oxygens (including phenoxy) is 2. The molecule has 0 radical (unpaired) electrons. The molecule has 2 aromatic heterocycles. The number of hydrogen-bond donors (Lipinski definition) is 4. The molecule has 2 aromatic carbocycles. The Bertz CT molecular complexity index is 1310. The number of benzene rings is 2. The topological polar surface area (TPSA) is 109 Å². The molecule has 4 aromatic rings. The molecule has 2 amide bonds. The van der Waals surface area contributed by atoms with Gasteiger partial charge in [-0.25, -0.2) is 4.79 Å². The summed E-state index contributed by atoms with van der Waals surface area (Å²) >= 11 is 0. The first-order valence-electron chi connectivity index (χ1n) is 13.9. The Labute approximate surface area is 236 Å². The summed E-state index contributed by atoms with van der Waals surface area (Å²) in [5, 5.41) is 15.1. The zero-order valence-corrected chi connectivity index (χ0v) is 23.8. The molecule has 2 unspecified atom stereocenters. The summed E-state index contributed by atoms with van der Waals surface area (Å²) < 4.78 is 10.9. The van der Waals surface area contributed by atoms with Crippen LogP contribution < -0.4 is 30.7 Å². The van der Waals surface area contributed by atoms with E-state index in [1.165, 1.54) is 0 Å². The minimum atomic E-state index is -0.132. The van der Waals surface area contributed by atoms with Gasteiger partial charge in [0.15, 0.2) is 0 Å². The number of urea groups is 1. The maximum atomic E-state index is 12.3. The van der Waals surface area contributed by atoms with Gasteiger partial charge in [-0.2, -0.15) is 0 Å². The van der Waals surface area contributed by atoms with Crippen molar-refractivity contribution in [3.63, 3.8) is 0 Å². The fourth-order valence-electron chi connectivity index (χ4n) is 4.74. The van der Waals surface area contributed by atoms with E-state index in [-0.39, 0.29) is 18.1 Å². The third-order valence-corrected chi connectivity index (χ3v) is 6.83. The summed E-state index contributed by atoms with van der Waals surface area (Å²) in [6, 6.07) is 16.1. The van der Waals surface area contributed by atoms with Crippen molar-refractivity contribution in [1.29, 1.82) is 0 Å². The summed E-state index contributed by atoms with van der Waals surface area (Å²) in [6.45, 7) is 5.49. The minimum absolute atomic E-state index is 0.132. The SMILES string of the molecule is COc1cc(NC(C)CCCNC(=O)NCCCC(C)Nc2cc(OC)cc3cccnc23)c2ncccc2c1. The van der Waals surface area contributed by atoms with Crippen molar-refractivity contribution in [2.75, 3.05) is 37.9 Å². The molecule has 212 valence electrons. The number of nitrogens with zero attached hydrogens (tertiary/aromatic N) is 2. The molecule has 0 aliphatic rings. The van der Waals surface area contributed by atoms with Gasteiger partial charge in [0.2, 0.25) is 0 Å². The quantitative estimate of drug-likeness (QED) is 0.145. The molecule has 0 spiro atoms. The number of rotatable bonds is 14. The number of carbonyl (C=O) groups is 1. The first kappa shape index (κ1) is 28.7. The average molecular weight is 545 g/mol. The van der Waals surface area contributed by atoms with Gasteiger partial charge in [-0.3, -0.25) is 9.97 Å². The number of amides is 2. The fraction of sp³-hybridized carbons (Fsp3) is 0.387. The molecule has 4 rings (SSSR count). The van der Waals surface area contributed by atoms with Crippen LogP contribution in [-0.4, -0.2) is 55.4 Å². The molecular weight excluding hydrogens is 504 g/mol. The van der Waals surface area contributed by atoms with Crippen LogP contribution in [0, 0.1) is 0 Å². The number of nitrogens with one attached hydrogen (secondary N) is 4. The van der Waals surface area contributed by atoms with Gasteiger partial charge in [0.25, 0.3) is 0 Å². The van der Waals surface area contributed by atoms with Gasteiger partial charge in [-0.15, -0.1) is 0 Å². The zero-order valence-electron chi connectivity index (χ0n) is 23.8. The number of methoxy groups -OCH3 is 2. The lowest BCUT2D eigenvalue weighted by Crippen LogP contribution is -2.37. The van der Waals surface area contributed by atoms with E-state index in [4.69, 9.17) is 9.47 Å². The largest absolute Gasteiger partial charge is 0.497 e. The van der Waals surface area contributed by atoms with E-state index in [1.54, 1.807) is 26.6 Å². The van der Waals surface area contributed by atoms with E-state index in [9.17, 15) is 4.79 Å². The van der Waals surface area contributed by atoms with Crippen LogP contribution in [0.4, 0.5) is 16.2 Å². The van der Waals surface area contributed by atoms with Gasteiger partial charge >= 0.3 is 6.03 Å². The number of carbonyl (C=O) groups excluding carboxylic acids is 1. The van der Waals surface area contributed by atoms with E-state index in [1.807, 2.05) is 48.5 Å². The number of pyridine rings is 2. The van der Waals surface area contributed by atoms with Crippen molar-refractivity contribution >= 4 is 39.2 Å². The van der Waals surface area contributed by atoms with Crippen LogP contribution in [0.15, 0.2) is 60.9 Å².